The number of hydrogen-bond donors (Lipinski definition) is 5. The van der Waals surface area contributed by atoms with E-state index in [9.17, 15) is 19.5 Å². The van der Waals surface area contributed by atoms with Crippen LogP contribution in [0.1, 0.15) is 39.2 Å². The van der Waals surface area contributed by atoms with Crippen LogP contribution in [-0.2, 0) is 20.7 Å². The van der Waals surface area contributed by atoms with Gasteiger partial charge in [-0.2, -0.15) is 0 Å². The van der Waals surface area contributed by atoms with Gasteiger partial charge < -0.3 is 35.2 Å². The number of rotatable bonds is 6. The molecule has 1 saturated heterocycles. The smallest absolute Gasteiger partial charge is 0.410 e. The second kappa shape index (κ2) is 12.4. The molecule has 1 fully saturated rings. The van der Waals surface area contributed by atoms with E-state index in [1.54, 1.807) is 4.90 Å². The third kappa shape index (κ3) is 9.63. The molecule has 0 bridgehead atoms. The lowest BCUT2D eigenvalue weighted by molar-refractivity contribution is -0.165. The molecule has 0 aromatic heterocycles. The fraction of sp³-hybridized carbons (Fsp3) is 0.591. The summed E-state index contributed by atoms with van der Waals surface area (Å²) in [4.78, 5) is 33.2. The number of piperidine rings is 1. The standard InChI is InChI=1S/C18H27NO3.C4H6O6/c1-18(2,3)22-17(21)19-12-11-15(16(20)13-19)10-9-14-7-5-4-6-8-14;5-1(3(7)8)2(6)4(9)10/h4-8,15-16,20H,9-13H2,1-3H3;1-2,5-6H,(H,7,8)(H,9,10). The van der Waals surface area contributed by atoms with Crippen LogP contribution >= 0.6 is 0 Å². The van der Waals surface area contributed by atoms with E-state index in [0.29, 0.717) is 13.1 Å². The van der Waals surface area contributed by atoms with E-state index >= 15 is 0 Å². The Bertz CT molecular complexity index is 730. The Morgan fingerprint density at radius 3 is 2.03 bits per heavy atom. The van der Waals surface area contributed by atoms with Gasteiger partial charge in [0.1, 0.15) is 5.60 Å². The van der Waals surface area contributed by atoms with Crippen LogP contribution in [0.5, 0.6) is 0 Å². The van der Waals surface area contributed by atoms with Crippen LogP contribution in [0.15, 0.2) is 30.3 Å². The first-order valence-corrected chi connectivity index (χ1v) is 10.3. The predicted octanol–water partition coefficient (Wildman–Crippen LogP) is 1.11. The molecule has 1 aromatic rings. The maximum Gasteiger partial charge on any atom is 0.410 e. The van der Waals surface area contributed by atoms with Crippen LogP contribution in [0.3, 0.4) is 0 Å². The molecule has 0 radical (unpaired) electrons. The van der Waals surface area contributed by atoms with E-state index in [2.05, 4.69) is 12.1 Å². The fourth-order valence-corrected chi connectivity index (χ4v) is 3.08. The molecule has 1 aliphatic heterocycles. The highest BCUT2D eigenvalue weighted by Gasteiger charge is 2.32. The van der Waals surface area contributed by atoms with Gasteiger partial charge in [0.25, 0.3) is 0 Å². The van der Waals surface area contributed by atoms with Crippen LogP contribution in [0.2, 0.25) is 0 Å². The minimum Gasteiger partial charge on any atom is -0.479 e. The molecular weight excluding hydrogens is 422 g/mol. The molecule has 10 heteroatoms. The molecule has 10 nitrogen and oxygen atoms in total. The molecule has 0 saturated carbocycles. The molecule has 2 rings (SSSR count). The molecule has 0 spiro atoms. The minimum absolute atomic E-state index is 0.249. The van der Waals surface area contributed by atoms with Crippen molar-refractivity contribution in [2.75, 3.05) is 13.1 Å². The summed E-state index contributed by atoms with van der Waals surface area (Å²) >= 11 is 0. The molecule has 1 amide bonds. The number of aliphatic hydroxyl groups is 3. The monoisotopic (exact) mass is 455 g/mol. The van der Waals surface area contributed by atoms with E-state index in [1.807, 2.05) is 39.0 Å². The molecule has 4 atom stereocenters. The van der Waals surface area contributed by atoms with Gasteiger partial charge in [0.05, 0.1) is 12.6 Å². The summed E-state index contributed by atoms with van der Waals surface area (Å²) in [6.07, 6.45) is -2.58. The topological polar surface area (TPSA) is 165 Å². The number of carbonyl (C=O) groups is 3. The number of carbonyl (C=O) groups excluding carboxylic acids is 1. The van der Waals surface area contributed by atoms with Crippen molar-refractivity contribution in [1.82, 2.24) is 4.90 Å². The highest BCUT2D eigenvalue weighted by molar-refractivity contribution is 5.83. The minimum atomic E-state index is -2.27. The zero-order valence-corrected chi connectivity index (χ0v) is 18.5. The van der Waals surface area contributed by atoms with Crippen molar-refractivity contribution >= 4 is 18.0 Å². The first-order valence-electron chi connectivity index (χ1n) is 10.3. The summed E-state index contributed by atoms with van der Waals surface area (Å²) in [5.74, 6) is -3.29. The lowest BCUT2D eigenvalue weighted by atomic mass is 9.88. The summed E-state index contributed by atoms with van der Waals surface area (Å²) in [5, 5.41) is 42.8. The number of aliphatic carboxylic acids is 2. The summed E-state index contributed by atoms with van der Waals surface area (Å²) in [7, 11) is 0. The van der Waals surface area contributed by atoms with Gasteiger partial charge in [-0.15, -0.1) is 0 Å². The predicted molar refractivity (Wildman–Crippen MR) is 114 cm³/mol. The summed E-state index contributed by atoms with van der Waals surface area (Å²) < 4.78 is 5.37. The number of hydrogen-bond acceptors (Lipinski definition) is 7. The number of amides is 1. The maximum atomic E-state index is 12.0. The number of aliphatic hydroxyl groups excluding tert-OH is 3. The van der Waals surface area contributed by atoms with Crippen molar-refractivity contribution in [3.05, 3.63) is 35.9 Å². The summed E-state index contributed by atoms with van der Waals surface area (Å²) in [6, 6.07) is 10.3. The lowest BCUT2D eigenvalue weighted by Gasteiger charge is -2.36. The molecule has 4 unspecified atom stereocenters. The van der Waals surface area contributed by atoms with Crippen LogP contribution in [0, 0.1) is 5.92 Å². The normalized spacial score (nSPS) is 20.4. The Kier molecular flexibility index (Phi) is 10.6. The molecule has 5 N–H and O–H groups in total. The lowest BCUT2D eigenvalue weighted by Crippen LogP contribution is -2.48. The van der Waals surface area contributed by atoms with Gasteiger partial charge in [-0.3, -0.25) is 0 Å². The van der Waals surface area contributed by atoms with E-state index in [0.717, 1.165) is 19.3 Å². The van der Waals surface area contributed by atoms with Crippen LogP contribution in [0.25, 0.3) is 0 Å². The van der Waals surface area contributed by atoms with Crippen LogP contribution in [-0.4, -0.2) is 85.5 Å². The molecule has 32 heavy (non-hydrogen) atoms. The Balaban J connectivity index is 0.000000433. The number of aryl methyl sites for hydroxylation is 1. The number of carboxylic acids is 2. The van der Waals surface area contributed by atoms with E-state index in [1.165, 1.54) is 5.56 Å². The SMILES string of the molecule is CC(C)(C)OC(=O)N1CCC(CCc2ccccc2)C(O)C1.O=C(O)C(O)C(O)C(=O)O. The van der Waals surface area contributed by atoms with Crippen molar-refractivity contribution in [3.8, 4) is 0 Å². The average molecular weight is 456 g/mol. The van der Waals surface area contributed by atoms with Gasteiger partial charge in [0.2, 0.25) is 0 Å². The van der Waals surface area contributed by atoms with Gasteiger partial charge in [-0.25, -0.2) is 14.4 Å². The third-order valence-electron chi connectivity index (χ3n) is 4.82. The molecule has 180 valence electrons. The molecule has 1 aliphatic rings. The summed E-state index contributed by atoms with van der Waals surface area (Å²) in [6.45, 7) is 6.59. The maximum absolute atomic E-state index is 12.0. The second-order valence-electron chi connectivity index (χ2n) is 8.63. The van der Waals surface area contributed by atoms with E-state index in [4.69, 9.17) is 25.2 Å². The van der Waals surface area contributed by atoms with Gasteiger partial charge in [0.15, 0.2) is 12.2 Å². The number of nitrogens with zero attached hydrogens (tertiary/aromatic N) is 1. The largest absolute Gasteiger partial charge is 0.479 e. The van der Waals surface area contributed by atoms with Crippen molar-refractivity contribution in [2.45, 2.75) is 63.9 Å². The fourth-order valence-electron chi connectivity index (χ4n) is 3.08. The number of likely N-dealkylation sites (tertiary alicyclic amines) is 1. The Labute approximate surface area is 187 Å². The number of carboxylic acid groups (broad SMARTS) is 2. The van der Waals surface area contributed by atoms with E-state index < -0.39 is 35.9 Å². The van der Waals surface area contributed by atoms with Gasteiger partial charge in [-0.05, 0) is 51.5 Å². The first-order chi connectivity index (χ1) is 14.8. The average Bonchev–Trinajstić information content (AvgIpc) is 2.71. The Morgan fingerprint density at radius 1 is 1.06 bits per heavy atom. The highest BCUT2D eigenvalue weighted by Crippen LogP contribution is 2.24. The number of benzene rings is 1. The zero-order chi connectivity index (χ0) is 24.5. The highest BCUT2D eigenvalue weighted by atomic mass is 16.6. The van der Waals surface area contributed by atoms with Crippen molar-refractivity contribution in [3.63, 3.8) is 0 Å². The Hall–Kier alpha value is -2.69. The van der Waals surface area contributed by atoms with Crippen molar-refractivity contribution < 1.29 is 44.7 Å². The zero-order valence-electron chi connectivity index (χ0n) is 18.5. The van der Waals surface area contributed by atoms with Crippen LogP contribution in [0.4, 0.5) is 4.79 Å². The third-order valence-corrected chi connectivity index (χ3v) is 4.82. The van der Waals surface area contributed by atoms with Gasteiger partial charge in [0, 0.05) is 6.54 Å². The van der Waals surface area contributed by atoms with Crippen molar-refractivity contribution in [2.24, 2.45) is 5.92 Å². The molecular formula is C22H33NO9. The number of β-amino-alcohol motifs (C(OH)–C–C–N with tert-alkyl or cyclic N) is 1. The molecule has 0 aliphatic carbocycles. The van der Waals surface area contributed by atoms with Gasteiger partial charge in [-0.1, -0.05) is 30.3 Å². The second-order valence-corrected chi connectivity index (χ2v) is 8.63. The molecule has 1 aromatic carbocycles. The van der Waals surface area contributed by atoms with Crippen LogP contribution < -0.4 is 0 Å². The molecule has 1 heterocycles. The van der Waals surface area contributed by atoms with Crippen molar-refractivity contribution in [1.29, 1.82) is 0 Å². The quantitative estimate of drug-likeness (QED) is 0.422. The number of ether oxygens (including phenoxy) is 1. The van der Waals surface area contributed by atoms with Gasteiger partial charge >= 0.3 is 18.0 Å². The van der Waals surface area contributed by atoms with E-state index in [-0.39, 0.29) is 12.0 Å². The Morgan fingerprint density at radius 2 is 1.59 bits per heavy atom. The first kappa shape index (κ1) is 27.3. The summed E-state index contributed by atoms with van der Waals surface area (Å²) in [5.41, 5.74) is 0.802.